The Kier molecular flexibility index (Phi) is 10.7. The van der Waals surface area contributed by atoms with Crippen LogP contribution in [0.5, 0.6) is 5.75 Å². The van der Waals surface area contributed by atoms with Crippen LogP contribution in [0.1, 0.15) is 35.6 Å². The maximum atomic E-state index is 13.2. The molecule has 1 aromatic carbocycles. The van der Waals surface area contributed by atoms with E-state index in [0.29, 0.717) is 4.73 Å². The summed E-state index contributed by atoms with van der Waals surface area (Å²) in [6.45, 7) is 0.997. The van der Waals surface area contributed by atoms with Crippen molar-refractivity contribution in [3.63, 3.8) is 0 Å². The first-order chi connectivity index (χ1) is 23.6. The number of anilines is 1. The Bertz CT molecular complexity index is 2200. The molecule has 22 nitrogen and oxygen atoms in total. The van der Waals surface area contributed by atoms with Gasteiger partial charge in [-0.1, -0.05) is 5.16 Å². The van der Waals surface area contributed by atoms with Gasteiger partial charge in [-0.15, -0.1) is 11.3 Å². The molecule has 0 bridgehead atoms. The van der Waals surface area contributed by atoms with Crippen LogP contribution < -0.4 is 26.5 Å². The van der Waals surface area contributed by atoms with Crippen LogP contribution in [0.15, 0.2) is 56.8 Å². The second-order valence-electron chi connectivity index (χ2n) is 11.0. The number of β-lactam (4-membered cyclic amide) rings is 1. The first-order valence-corrected chi connectivity index (χ1v) is 17.7. The molecule has 9 N–H and O–H groups in total. The molecule has 1 fully saturated rings. The summed E-state index contributed by atoms with van der Waals surface area (Å²) in [5, 5.41) is 37.7. The van der Waals surface area contributed by atoms with Crippen molar-refractivity contribution in [3.8, 4) is 5.75 Å². The third-order valence-corrected chi connectivity index (χ3v) is 10.1. The summed E-state index contributed by atoms with van der Waals surface area (Å²) in [6.07, 6.45) is 0.729. The van der Waals surface area contributed by atoms with Gasteiger partial charge in [-0.3, -0.25) is 23.7 Å². The van der Waals surface area contributed by atoms with Crippen molar-refractivity contribution in [2.45, 2.75) is 43.0 Å². The van der Waals surface area contributed by atoms with E-state index in [1.165, 1.54) is 5.38 Å². The second kappa shape index (κ2) is 14.3. The number of aromatic hydroxyl groups is 1. The summed E-state index contributed by atoms with van der Waals surface area (Å²) in [5.41, 5.74) is 1.85. The molecule has 1 aliphatic rings. The van der Waals surface area contributed by atoms with Crippen LogP contribution in [0.25, 0.3) is 0 Å². The smallest absolute Gasteiger partial charge is 0.362 e. The van der Waals surface area contributed by atoms with E-state index >= 15 is 0 Å². The Morgan fingerprint density at radius 2 is 1.78 bits per heavy atom. The average Bonchev–Trinajstić information content (AvgIpc) is 3.47. The number of carboxylic acids is 1. The van der Waals surface area contributed by atoms with Gasteiger partial charge in [0.25, 0.3) is 17.7 Å². The molecule has 274 valence electrons. The predicted octanol–water partition coefficient (Wildman–Crippen LogP) is -2.18. The zero-order valence-corrected chi connectivity index (χ0v) is 28.5. The number of oxime groups is 1. The summed E-state index contributed by atoms with van der Waals surface area (Å²) in [5.74, 6) is -5.52. The molecule has 25 heteroatoms. The van der Waals surface area contributed by atoms with Gasteiger partial charge in [0.05, 0.1) is 29.4 Å². The summed E-state index contributed by atoms with van der Waals surface area (Å²) in [7, 11) is -9.76. The lowest BCUT2D eigenvalue weighted by Crippen LogP contribution is -2.74. The highest BCUT2D eigenvalue weighted by atomic mass is 32.2. The van der Waals surface area contributed by atoms with Gasteiger partial charge in [0, 0.05) is 23.6 Å². The Balaban J connectivity index is 1.48. The largest absolute Gasteiger partial charge is 0.503 e. The number of benzene rings is 1. The number of hydrogen-bond acceptors (Lipinski definition) is 16. The van der Waals surface area contributed by atoms with Crippen molar-refractivity contribution in [2.75, 3.05) is 12.3 Å². The standard InChI is InChI=1S/C26H28N8O14S3/c1-26(2,24(40)41)48-32-19(15-11-49-25(27)30-15)22(38)31-20-16(34(23(20)39)51(45,46)47)9-29-50(43,44)14-5-3-12(4-6-14)21(37)28-8-13-7-17(35)18(36)10-33(13)42/h3-7,10-11,16,20,29,36,42H,8-9H2,1-2H3,(H2,27,30)(H,28,37)(H,31,38)(H,40,41)(H,45,46,47)/t16-,20-/m0/s1. The van der Waals surface area contributed by atoms with Crippen LogP contribution >= 0.6 is 11.3 Å². The fraction of sp³-hybridized carbons (Fsp3) is 0.269. The molecule has 0 spiro atoms. The van der Waals surface area contributed by atoms with E-state index in [0.717, 1.165) is 61.7 Å². The van der Waals surface area contributed by atoms with Gasteiger partial charge in [-0.2, -0.15) is 13.1 Å². The molecule has 4 rings (SSSR count). The molecule has 2 atom stereocenters. The molecule has 1 aliphatic heterocycles. The highest BCUT2D eigenvalue weighted by molar-refractivity contribution is 7.89. The van der Waals surface area contributed by atoms with E-state index in [-0.39, 0.29) is 32.9 Å². The van der Waals surface area contributed by atoms with E-state index in [2.05, 4.69) is 25.5 Å². The number of pyridine rings is 1. The van der Waals surface area contributed by atoms with Crippen LogP contribution in [0, 0.1) is 0 Å². The van der Waals surface area contributed by atoms with Gasteiger partial charge in [0.15, 0.2) is 16.6 Å². The fourth-order valence-electron chi connectivity index (χ4n) is 4.19. The number of amides is 3. The number of aromatic nitrogens is 2. The van der Waals surface area contributed by atoms with E-state index in [4.69, 9.17) is 10.6 Å². The summed E-state index contributed by atoms with van der Waals surface area (Å²) < 4.78 is 62.1. The van der Waals surface area contributed by atoms with Gasteiger partial charge in [0.2, 0.25) is 21.1 Å². The number of hydrogen-bond donors (Lipinski definition) is 8. The van der Waals surface area contributed by atoms with Crippen LogP contribution in [0.4, 0.5) is 5.13 Å². The van der Waals surface area contributed by atoms with Gasteiger partial charge in [-0.25, -0.2) is 27.2 Å². The normalized spacial score (nSPS) is 16.6. The van der Waals surface area contributed by atoms with E-state index < -0.39 is 90.0 Å². The predicted molar refractivity (Wildman–Crippen MR) is 172 cm³/mol. The van der Waals surface area contributed by atoms with Gasteiger partial charge >= 0.3 is 16.3 Å². The number of nitrogen functional groups attached to an aromatic ring is 1. The molecule has 0 unspecified atom stereocenters. The van der Waals surface area contributed by atoms with Gasteiger partial charge in [0.1, 0.15) is 11.7 Å². The van der Waals surface area contributed by atoms with Crippen molar-refractivity contribution < 1.29 is 60.8 Å². The number of nitrogens with two attached hydrogens (primary N) is 1. The van der Waals surface area contributed by atoms with Crippen LogP contribution in [-0.4, -0.2) is 104 Å². The molecular weight excluding hydrogens is 745 g/mol. The third kappa shape index (κ3) is 8.58. The number of thiazole rings is 1. The van der Waals surface area contributed by atoms with Crippen LogP contribution in [0.2, 0.25) is 0 Å². The fourth-order valence-corrected chi connectivity index (χ4v) is 6.67. The Hall–Kier alpha value is -5.63. The quantitative estimate of drug-likeness (QED) is 0.0284. The van der Waals surface area contributed by atoms with Crippen molar-refractivity contribution in [2.24, 2.45) is 5.16 Å². The number of carboxylic acid groups (broad SMARTS) is 1. The lowest BCUT2D eigenvalue weighted by Gasteiger charge is -2.44. The van der Waals surface area contributed by atoms with Crippen molar-refractivity contribution in [1.29, 1.82) is 0 Å². The molecular formula is C26H28N8O14S3. The SMILES string of the molecule is CC(C)(ON=C(C(=O)N[C@@H]1C(=O)N(S(=O)(=O)O)[C@H]1CNS(=O)(=O)c1ccc(C(=O)NCc2cc(=O)c(O)cn2O)cc1)c1csc(N)n1)C(=O)O. The zero-order valence-electron chi connectivity index (χ0n) is 26.1. The molecule has 51 heavy (non-hydrogen) atoms. The maximum absolute atomic E-state index is 13.2. The molecule has 3 amide bonds. The summed E-state index contributed by atoms with van der Waals surface area (Å²) in [4.78, 5) is 70.0. The van der Waals surface area contributed by atoms with Crippen LogP contribution in [0.3, 0.4) is 0 Å². The van der Waals surface area contributed by atoms with Crippen molar-refractivity contribution in [1.82, 2.24) is 29.4 Å². The number of nitrogens with zero attached hydrogens (tertiary/aromatic N) is 4. The number of rotatable bonds is 14. The molecule has 2 aromatic heterocycles. The van der Waals surface area contributed by atoms with Gasteiger partial charge < -0.3 is 36.6 Å². The number of aliphatic carboxylic acids is 1. The average molecular weight is 773 g/mol. The second-order valence-corrected chi connectivity index (χ2v) is 14.9. The number of nitrogens with one attached hydrogen (secondary N) is 3. The third-order valence-electron chi connectivity index (χ3n) is 6.99. The number of sulfonamides is 1. The minimum Gasteiger partial charge on any atom is -0.503 e. The first kappa shape index (κ1) is 38.2. The lowest BCUT2D eigenvalue weighted by molar-refractivity contribution is -0.161. The molecule has 3 aromatic rings. The summed E-state index contributed by atoms with van der Waals surface area (Å²) in [6, 6.07) is 1.61. The molecule has 3 heterocycles. The molecule has 0 radical (unpaired) electrons. The van der Waals surface area contributed by atoms with Crippen molar-refractivity contribution >= 4 is 66.2 Å². The topological polar surface area (TPSA) is 339 Å². The highest BCUT2D eigenvalue weighted by Gasteiger charge is 2.54. The maximum Gasteiger partial charge on any atom is 0.362 e. The monoisotopic (exact) mass is 772 g/mol. The highest BCUT2D eigenvalue weighted by Crippen LogP contribution is 2.25. The summed E-state index contributed by atoms with van der Waals surface area (Å²) >= 11 is 0.867. The minimum absolute atomic E-state index is 0.0337. The Morgan fingerprint density at radius 1 is 1.14 bits per heavy atom. The minimum atomic E-state index is -5.26. The van der Waals surface area contributed by atoms with E-state index in [1.807, 2.05) is 0 Å². The first-order valence-electron chi connectivity index (χ1n) is 14.0. The van der Waals surface area contributed by atoms with Crippen molar-refractivity contribution in [3.05, 3.63) is 69.1 Å². The van der Waals surface area contributed by atoms with Gasteiger partial charge in [-0.05, 0) is 38.1 Å². The molecule has 0 aliphatic carbocycles. The van der Waals surface area contributed by atoms with E-state index in [9.17, 15) is 60.8 Å². The lowest BCUT2D eigenvalue weighted by atomic mass is 9.98. The number of carbonyl (C=O) groups is 4. The molecule has 1 saturated heterocycles. The zero-order chi connectivity index (χ0) is 38.1. The van der Waals surface area contributed by atoms with E-state index in [1.54, 1.807) is 0 Å². The van der Waals surface area contributed by atoms with Crippen LogP contribution in [-0.2, 0) is 46.1 Å². The Morgan fingerprint density at radius 3 is 2.35 bits per heavy atom. The molecule has 0 saturated carbocycles. The Labute approximate surface area is 291 Å². The number of carbonyl (C=O) groups excluding carboxylic acids is 3.